The molecule has 1 unspecified atom stereocenters. The van der Waals surface area contributed by atoms with Crippen LogP contribution in [0.25, 0.3) is 0 Å². The Labute approximate surface area is 96.9 Å². The van der Waals surface area contributed by atoms with Crippen LogP contribution in [0.3, 0.4) is 0 Å². The summed E-state index contributed by atoms with van der Waals surface area (Å²) in [6, 6.07) is 9.94. The first-order valence-corrected chi connectivity index (χ1v) is 5.59. The number of nitrogens with zero attached hydrogens (tertiary/aromatic N) is 2. The monoisotopic (exact) mass is 218 g/mol. The maximum absolute atomic E-state index is 9.68. The Morgan fingerprint density at radius 1 is 1.44 bits per heavy atom. The van der Waals surface area contributed by atoms with Gasteiger partial charge in [-0.1, -0.05) is 18.2 Å². The zero-order valence-corrected chi connectivity index (χ0v) is 9.85. The lowest BCUT2D eigenvalue weighted by Gasteiger charge is -2.25. The molecule has 1 aromatic rings. The summed E-state index contributed by atoms with van der Waals surface area (Å²) in [5, 5.41) is 18.3. The molecule has 0 aliphatic heterocycles. The highest BCUT2D eigenvalue weighted by molar-refractivity contribution is 5.54. The molecular formula is C13H18N2O. The summed E-state index contributed by atoms with van der Waals surface area (Å²) < 4.78 is 0. The zero-order chi connectivity index (χ0) is 12.0. The molecule has 0 heterocycles. The lowest BCUT2D eigenvalue weighted by Crippen LogP contribution is -2.25. The Kier molecular flexibility index (Phi) is 4.81. The molecule has 1 atom stereocenters. The van der Waals surface area contributed by atoms with Crippen LogP contribution in [0.5, 0.6) is 0 Å². The van der Waals surface area contributed by atoms with Gasteiger partial charge in [0.2, 0.25) is 0 Å². The van der Waals surface area contributed by atoms with Crippen molar-refractivity contribution in [1.82, 2.24) is 0 Å². The quantitative estimate of drug-likeness (QED) is 0.826. The fourth-order valence-electron chi connectivity index (χ4n) is 1.76. The topological polar surface area (TPSA) is 47.3 Å². The molecule has 16 heavy (non-hydrogen) atoms. The second-order valence-electron chi connectivity index (χ2n) is 3.72. The van der Waals surface area contributed by atoms with Crippen LogP contribution in [0.2, 0.25) is 0 Å². The highest BCUT2D eigenvalue weighted by Crippen LogP contribution is 2.25. The third-order valence-electron chi connectivity index (χ3n) is 2.60. The van der Waals surface area contributed by atoms with Gasteiger partial charge in [0.25, 0.3) is 0 Å². The molecule has 0 aliphatic rings. The summed E-state index contributed by atoms with van der Waals surface area (Å²) in [6.45, 7) is 5.36. The van der Waals surface area contributed by atoms with Crippen LogP contribution in [0.15, 0.2) is 24.3 Å². The maximum Gasteiger partial charge on any atom is 0.0781 e. The van der Waals surface area contributed by atoms with Crippen molar-refractivity contribution >= 4 is 5.69 Å². The van der Waals surface area contributed by atoms with E-state index in [1.54, 1.807) is 6.92 Å². The minimum atomic E-state index is -0.479. The molecule has 0 aliphatic carbocycles. The molecular weight excluding hydrogens is 200 g/mol. The van der Waals surface area contributed by atoms with Crippen LogP contribution in [0, 0.1) is 11.3 Å². The van der Waals surface area contributed by atoms with Gasteiger partial charge in [0, 0.05) is 24.3 Å². The zero-order valence-electron chi connectivity index (χ0n) is 9.85. The van der Waals surface area contributed by atoms with E-state index in [9.17, 15) is 5.11 Å². The van der Waals surface area contributed by atoms with Crippen molar-refractivity contribution in [2.45, 2.75) is 26.4 Å². The van der Waals surface area contributed by atoms with Crippen LogP contribution in [0.1, 0.15) is 31.9 Å². The molecule has 0 bridgehead atoms. The van der Waals surface area contributed by atoms with E-state index in [1.807, 2.05) is 24.3 Å². The highest BCUT2D eigenvalue weighted by Gasteiger charge is 2.11. The van der Waals surface area contributed by atoms with Crippen molar-refractivity contribution in [2.24, 2.45) is 0 Å². The molecule has 0 amide bonds. The molecule has 1 rings (SSSR count). The van der Waals surface area contributed by atoms with Crippen molar-refractivity contribution in [3.05, 3.63) is 29.8 Å². The van der Waals surface area contributed by atoms with E-state index in [2.05, 4.69) is 17.9 Å². The molecule has 0 saturated carbocycles. The van der Waals surface area contributed by atoms with Gasteiger partial charge in [-0.05, 0) is 19.9 Å². The average molecular weight is 218 g/mol. The van der Waals surface area contributed by atoms with E-state index in [-0.39, 0.29) is 0 Å². The minimum Gasteiger partial charge on any atom is -0.389 e. The van der Waals surface area contributed by atoms with Gasteiger partial charge in [-0.25, -0.2) is 0 Å². The number of benzene rings is 1. The number of aliphatic hydroxyl groups excluding tert-OH is 1. The normalized spacial score (nSPS) is 11.9. The third kappa shape index (κ3) is 2.98. The smallest absolute Gasteiger partial charge is 0.0781 e. The molecule has 0 fully saturated rings. The van der Waals surface area contributed by atoms with E-state index in [1.165, 1.54) is 0 Å². The number of hydrogen-bond acceptors (Lipinski definition) is 3. The van der Waals surface area contributed by atoms with E-state index in [0.717, 1.165) is 17.8 Å². The highest BCUT2D eigenvalue weighted by atomic mass is 16.3. The lowest BCUT2D eigenvalue weighted by atomic mass is 10.1. The van der Waals surface area contributed by atoms with Crippen molar-refractivity contribution in [3.63, 3.8) is 0 Å². The first kappa shape index (κ1) is 12.5. The van der Waals surface area contributed by atoms with Gasteiger partial charge in [-0.2, -0.15) is 5.26 Å². The summed E-state index contributed by atoms with van der Waals surface area (Å²) >= 11 is 0. The molecule has 3 nitrogen and oxygen atoms in total. The molecule has 1 aromatic carbocycles. The summed E-state index contributed by atoms with van der Waals surface area (Å²) in [6.07, 6.45) is 0.0226. The van der Waals surface area contributed by atoms with Crippen molar-refractivity contribution < 1.29 is 5.11 Å². The van der Waals surface area contributed by atoms with Crippen LogP contribution in [-0.2, 0) is 0 Å². The molecule has 86 valence electrons. The fraction of sp³-hybridized carbons (Fsp3) is 0.462. The molecule has 1 N–H and O–H groups in total. The van der Waals surface area contributed by atoms with Crippen LogP contribution in [0.4, 0.5) is 5.69 Å². The van der Waals surface area contributed by atoms with Crippen LogP contribution in [-0.4, -0.2) is 18.2 Å². The van der Waals surface area contributed by atoms with Gasteiger partial charge in [0.05, 0.1) is 18.6 Å². The second-order valence-corrected chi connectivity index (χ2v) is 3.72. The molecule has 3 heteroatoms. The molecule has 0 spiro atoms. The van der Waals surface area contributed by atoms with E-state index in [0.29, 0.717) is 13.0 Å². The van der Waals surface area contributed by atoms with E-state index < -0.39 is 6.10 Å². The lowest BCUT2D eigenvalue weighted by molar-refractivity contribution is 0.199. The first-order chi connectivity index (χ1) is 7.70. The van der Waals surface area contributed by atoms with Crippen molar-refractivity contribution in [2.75, 3.05) is 18.0 Å². The Morgan fingerprint density at radius 2 is 2.12 bits per heavy atom. The molecule has 0 saturated heterocycles. The Morgan fingerprint density at radius 3 is 2.69 bits per heavy atom. The van der Waals surface area contributed by atoms with Gasteiger partial charge < -0.3 is 10.0 Å². The first-order valence-electron chi connectivity index (χ1n) is 5.59. The fourth-order valence-corrected chi connectivity index (χ4v) is 1.76. The number of rotatable bonds is 5. The summed E-state index contributed by atoms with van der Waals surface area (Å²) in [7, 11) is 0. The van der Waals surface area contributed by atoms with Crippen LogP contribution >= 0.6 is 0 Å². The predicted molar refractivity (Wildman–Crippen MR) is 65.2 cm³/mol. The van der Waals surface area contributed by atoms with Crippen molar-refractivity contribution in [1.29, 1.82) is 5.26 Å². The minimum absolute atomic E-state index is 0.479. The summed E-state index contributed by atoms with van der Waals surface area (Å²) in [5.41, 5.74) is 1.94. The number of hydrogen-bond donors (Lipinski definition) is 1. The predicted octanol–water partition coefficient (Wildman–Crippen LogP) is 2.48. The second kappa shape index (κ2) is 6.14. The average Bonchev–Trinajstić information content (AvgIpc) is 2.30. The van der Waals surface area contributed by atoms with Gasteiger partial charge in [0.1, 0.15) is 0 Å². The van der Waals surface area contributed by atoms with Gasteiger partial charge in [-0.3, -0.25) is 0 Å². The Bertz CT molecular complexity index is 368. The third-order valence-corrected chi connectivity index (χ3v) is 2.60. The van der Waals surface area contributed by atoms with Gasteiger partial charge >= 0.3 is 0 Å². The van der Waals surface area contributed by atoms with Crippen LogP contribution < -0.4 is 4.90 Å². The maximum atomic E-state index is 9.68. The van der Waals surface area contributed by atoms with E-state index >= 15 is 0 Å². The molecule has 0 aromatic heterocycles. The number of para-hydroxylation sites is 1. The summed E-state index contributed by atoms with van der Waals surface area (Å²) in [4.78, 5) is 2.12. The van der Waals surface area contributed by atoms with Gasteiger partial charge in [-0.15, -0.1) is 0 Å². The number of anilines is 1. The van der Waals surface area contributed by atoms with E-state index in [4.69, 9.17) is 5.26 Å². The number of aliphatic hydroxyl groups is 1. The number of nitriles is 1. The van der Waals surface area contributed by atoms with Gasteiger partial charge in [0.15, 0.2) is 0 Å². The Hall–Kier alpha value is -1.53. The van der Waals surface area contributed by atoms with Crippen molar-refractivity contribution in [3.8, 4) is 6.07 Å². The molecule has 0 radical (unpaired) electrons. The largest absolute Gasteiger partial charge is 0.389 e. The SMILES string of the molecule is CCN(CCC#N)c1ccccc1C(C)O. The summed E-state index contributed by atoms with van der Waals surface area (Å²) in [5.74, 6) is 0. The Balaban J connectivity index is 2.95. The standard InChI is InChI=1S/C13H18N2O/c1-3-15(10-6-9-14)13-8-5-4-7-12(13)11(2)16/h4-5,7-8,11,16H,3,6,10H2,1-2H3.